The molecule has 2 rings (SSSR count). The maximum absolute atomic E-state index is 12.3. The first kappa shape index (κ1) is 20.0. The van der Waals surface area contributed by atoms with Crippen LogP contribution in [0, 0.1) is 5.92 Å². The Morgan fingerprint density at radius 2 is 1.50 bits per heavy atom. The molecule has 0 aromatic heterocycles. The molecule has 4 nitrogen and oxygen atoms in total. The van der Waals surface area contributed by atoms with Crippen molar-refractivity contribution in [2.24, 2.45) is 5.92 Å². The van der Waals surface area contributed by atoms with Crippen molar-refractivity contribution in [2.45, 2.75) is 26.7 Å². The Hall–Kier alpha value is -2.33. The van der Waals surface area contributed by atoms with Gasteiger partial charge in [0.25, 0.3) is 11.8 Å². The first-order chi connectivity index (χ1) is 12.5. The van der Waals surface area contributed by atoms with Gasteiger partial charge in [-0.3, -0.25) is 9.59 Å². The summed E-state index contributed by atoms with van der Waals surface area (Å²) in [7, 11) is 0. The summed E-state index contributed by atoms with van der Waals surface area (Å²) in [5, 5.41) is 6.46. The number of carbonyl (C=O) groups is 2. The lowest BCUT2D eigenvalue weighted by molar-refractivity contribution is 0.0951. The SMILES string of the molecule is CC(C)CCNC(=O)c1cccc(C(=O)NCCc2ccc(Cl)cc2)c1. The summed E-state index contributed by atoms with van der Waals surface area (Å²) in [4.78, 5) is 24.5. The summed E-state index contributed by atoms with van der Waals surface area (Å²) in [6.45, 7) is 5.38. The molecule has 0 aliphatic rings. The Balaban J connectivity index is 1.86. The molecule has 0 spiro atoms. The third-order valence-corrected chi connectivity index (χ3v) is 4.26. The zero-order chi connectivity index (χ0) is 18.9. The Bertz CT molecular complexity index is 742. The molecule has 2 aromatic rings. The van der Waals surface area contributed by atoms with Crippen molar-refractivity contribution in [3.8, 4) is 0 Å². The fourth-order valence-electron chi connectivity index (χ4n) is 2.45. The molecule has 0 fully saturated rings. The fraction of sp³-hybridized carbons (Fsp3) is 0.333. The number of halogens is 1. The summed E-state index contributed by atoms with van der Waals surface area (Å²) >= 11 is 5.86. The van der Waals surface area contributed by atoms with Crippen LogP contribution in [0.2, 0.25) is 5.02 Å². The number of nitrogens with one attached hydrogen (secondary N) is 2. The zero-order valence-electron chi connectivity index (χ0n) is 15.2. The second kappa shape index (κ2) is 9.97. The highest BCUT2D eigenvalue weighted by molar-refractivity contribution is 6.30. The molecule has 0 aliphatic carbocycles. The third kappa shape index (κ3) is 6.52. The molecule has 0 bridgehead atoms. The Labute approximate surface area is 159 Å². The van der Waals surface area contributed by atoms with Gasteiger partial charge in [0.2, 0.25) is 0 Å². The zero-order valence-corrected chi connectivity index (χ0v) is 16.0. The molecule has 138 valence electrons. The topological polar surface area (TPSA) is 58.2 Å². The predicted octanol–water partition coefficient (Wildman–Crippen LogP) is 4.09. The van der Waals surface area contributed by atoms with E-state index >= 15 is 0 Å². The van der Waals surface area contributed by atoms with Crippen LogP contribution in [0.4, 0.5) is 0 Å². The highest BCUT2D eigenvalue weighted by Gasteiger charge is 2.10. The molecule has 0 saturated heterocycles. The van der Waals surface area contributed by atoms with Crippen LogP contribution in [-0.4, -0.2) is 24.9 Å². The molecule has 2 aromatic carbocycles. The summed E-state index contributed by atoms with van der Waals surface area (Å²) in [5.41, 5.74) is 2.09. The summed E-state index contributed by atoms with van der Waals surface area (Å²) < 4.78 is 0. The summed E-state index contributed by atoms with van der Waals surface area (Å²) in [6, 6.07) is 14.3. The minimum absolute atomic E-state index is 0.151. The molecular weight excluding hydrogens is 348 g/mol. The Kier molecular flexibility index (Phi) is 7.67. The highest BCUT2D eigenvalue weighted by atomic mass is 35.5. The molecule has 0 unspecified atom stereocenters. The second-order valence-electron chi connectivity index (χ2n) is 6.65. The van der Waals surface area contributed by atoms with Crippen molar-refractivity contribution < 1.29 is 9.59 Å². The van der Waals surface area contributed by atoms with Gasteiger partial charge in [0, 0.05) is 29.2 Å². The van der Waals surface area contributed by atoms with Crippen LogP contribution in [0.15, 0.2) is 48.5 Å². The van der Waals surface area contributed by atoms with Crippen LogP contribution in [-0.2, 0) is 6.42 Å². The van der Waals surface area contributed by atoms with Gasteiger partial charge in [0.05, 0.1) is 0 Å². The van der Waals surface area contributed by atoms with E-state index in [2.05, 4.69) is 24.5 Å². The quantitative estimate of drug-likeness (QED) is 0.733. The number of hydrogen-bond donors (Lipinski definition) is 2. The standard InChI is InChI=1S/C21H25ClN2O2/c1-15(2)10-12-23-20(25)17-4-3-5-18(14-17)21(26)24-13-11-16-6-8-19(22)9-7-16/h3-9,14-15H,10-13H2,1-2H3,(H,23,25)(H,24,26). The van der Waals surface area contributed by atoms with Crippen molar-refractivity contribution in [1.82, 2.24) is 10.6 Å². The van der Waals surface area contributed by atoms with Crippen LogP contribution in [0.25, 0.3) is 0 Å². The van der Waals surface area contributed by atoms with Crippen LogP contribution in [0.3, 0.4) is 0 Å². The molecule has 0 radical (unpaired) electrons. The molecule has 0 aliphatic heterocycles. The minimum Gasteiger partial charge on any atom is -0.352 e. The molecule has 2 amide bonds. The highest BCUT2D eigenvalue weighted by Crippen LogP contribution is 2.10. The lowest BCUT2D eigenvalue weighted by Gasteiger charge is -2.09. The lowest BCUT2D eigenvalue weighted by Crippen LogP contribution is -2.27. The van der Waals surface area contributed by atoms with Crippen LogP contribution in [0.1, 0.15) is 46.5 Å². The van der Waals surface area contributed by atoms with Gasteiger partial charge < -0.3 is 10.6 Å². The van der Waals surface area contributed by atoms with E-state index < -0.39 is 0 Å². The van der Waals surface area contributed by atoms with Gasteiger partial charge in [-0.1, -0.05) is 43.6 Å². The average molecular weight is 373 g/mol. The first-order valence-electron chi connectivity index (χ1n) is 8.86. The molecule has 2 N–H and O–H groups in total. The van der Waals surface area contributed by atoms with Crippen LogP contribution >= 0.6 is 11.6 Å². The smallest absolute Gasteiger partial charge is 0.251 e. The molecule has 26 heavy (non-hydrogen) atoms. The average Bonchev–Trinajstić information content (AvgIpc) is 2.63. The van der Waals surface area contributed by atoms with Gasteiger partial charge in [-0.05, 0) is 54.7 Å². The first-order valence-corrected chi connectivity index (χ1v) is 9.24. The van der Waals surface area contributed by atoms with Crippen molar-refractivity contribution in [1.29, 1.82) is 0 Å². The monoisotopic (exact) mass is 372 g/mol. The van der Waals surface area contributed by atoms with Gasteiger partial charge >= 0.3 is 0 Å². The normalized spacial score (nSPS) is 10.6. The number of benzene rings is 2. The number of hydrogen-bond acceptors (Lipinski definition) is 2. The number of amides is 2. The van der Waals surface area contributed by atoms with E-state index in [0.717, 1.165) is 18.4 Å². The van der Waals surface area contributed by atoms with E-state index in [9.17, 15) is 9.59 Å². The maximum atomic E-state index is 12.3. The van der Waals surface area contributed by atoms with Gasteiger partial charge in [0.1, 0.15) is 0 Å². The maximum Gasteiger partial charge on any atom is 0.251 e. The van der Waals surface area contributed by atoms with E-state index in [-0.39, 0.29) is 11.8 Å². The van der Waals surface area contributed by atoms with Crippen molar-refractivity contribution >= 4 is 23.4 Å². The van der Waals surface area contributed by atoms with Crippen molar-refractivity contribution in [3.05, 3.63) is 70.2 Å². The lowest BCUT2D eigenvalue weighted by atomic mass is 10.1. The van der Waals surface area contributed by atoms with Gasteiger partial charge in [0.15, 0.2) is 0 Å². The largest absolute Gasteiger partial charge is 0.352 e. The van der Waals surface area contributed by atoms with Crippen LogP contribution < -0.4 is 10.6 Å². The second-order valence-corrected chi connectivity index (χ2v) is 7.09. The Morgan fingerprint density at radius 1 is 0.923 bits per heavy atom. The van der Waals surface area contributed by atoms with Crippen molar-refractivity contribution in [3.63, 3.8) is 0 Å². The van der Waals surface area contributed by atoms with Crippen LogP contribution in [0.5, 0.6) is 0 Å². The van der Waals surface area contributed by atoms with E-state index in [0.29, 0.717) is 35.2 Å². The third-order valence-electron chi connectivity index (χ3n) is 4.01. The molecule has 5 heteroatoms. The minimum atomic E-state index is -0.184. The van der Waals surface area contributed by atoms with E-state index in [1.165, 1.54) is 0 Å². The predicted molar refractivity (Wildman–Crippen MR) is 106 cm³/mol. The Morgan fingerprint density at radius 3 is 2.08 bits per heavy atom. The number of rotatable bonds is 8. The fourth-order valence-corrected chi connectivity index (χ4v) is 2.58. The summed E-state index contributed by atoms with van der Waals surface area (Å²) in [5.74, 6) is 0.199. The molecule has 0 atom stereocenters. The van der Waals surface area contributed by atoms with E-state index in [4.69, 9.17) is 11.6 Å². The van der Waals surface area contributed by atoms with Gasteiger partial charge in [-0.2, -0.15) is 0 Å². The molecular formula is C21H25ClN2O2. The van der Waals surface area contributed by atoms with Gasteiger partial charge in [-0.25, -0.2) is 0 Å². The van der Waals surface area contributed by atoms with E-state index in [1.807, 2.05) is 24.3 Å². The van der Waals surface area contributed by atoms with Crippen molar-refractivity contribution in [2.75, 3.05) is 13.1 Å². The van der Waals surface area contributed by atoms with Gasteiger partial charge in [-0.15, -0.1) is 0 Å². The molecule has 0 heterocycles. The van der Waals surface area contributed by atoms with E-state index in [1.54, 1.807) is 24.3 Å². The number of carbonyl (C=O) groups excluding carboxylic acids is 2. The molecule has 0 saturated carbocycles. The summed E-state index contributed by atoms with van der Waals surface area (Å²) in [6.07, 6.45) is 1.65.